The van der Waals surface area contributed by atoms with Gasteiger partial charge in [0.15, 0.2) is 0 Å². The van der Waals surface area contributed by atoms with Crippen molar-refractivity contribution < 1.29 is 18.3 Å². The summed E-state index contributed by atoms with van der Waals surface area (Å²) in [6.45, 7) is 0. The molecule has 0 unspecified atom stereocenters. The van der Waals surface area contributed by atoms with Gasteiger partial charge in [-0.15, -0.1) is 0 Å². The lowest BCUT2D eigenvalue weighted by Crippen LogP contribution is -2.23. The Morgan fingerprint density at radius 2 is 2.18 bits per heavy atom. The number of carboxylic acid groups (broad SMARTS) is 1. The second-order valence-electron chi connectivity index (χ2n) is 3.22. The third kappa shape index (κ3) is 1.78. The molecule has 0 aliphatic heterocycles. The molecule has 17 heavy (non-hydrogen) atoms. The van der Waals surface area contributed by atoms with Crippen LogP contribution in [0.15, 0.2) is 16.1 Å². The number of nitrogens with zero attached hydrogens (tertiary/aromatic N) is 3. The monoisotopic (exact) mass is 258 g/mol. The van der Waals surface area contributed by atoms with E-state index in [0.717, 1.165) is 12.5 Å². The minimum Gasteiger partial charge on any atom is -0.477 e. The molecule has 10 heteroatoms. The molecule has 2 heterocycles. The Bertz CT molecular complexity index is 771. The van der Waals surface area contributed by atoms with Crippen LogP contribution < -0.4 is 5.56 Å². The quantitative estimate of drug-likeness (QED) is 0.670. The standard InChI is InChI=1S/C7H6N4O5S/c1-17(15,16)7-9-6-8-2-3(5(13)14)4(12)11(6)10-7/h2H,1H3,(H,13,14)(H,8,9,10). The molecule has 0 aliphatic rings. The van der Waals surface area contributed by atoms with Gasteiger partial charge in [0.25, 0.3) is 11.3 Å². The number of hydrogen-bond donors (Lipinski definition) is 2. The Balaban J connectivity index is 2.84. The number of fused-ring (bicyclic) bond motifs is 1. The number of hydrogen-bond acceptors (Lipinski definition) is 6. The van der Waals surface area contributed by atoms with Crippen LogP contribution in [0.2, 0.25) is 0 Å². The van der Waals surface area contributed by atoms with Gasteiger partial charge in [0.05, 0.1) is 6.20 Å². The molecule has 90 valence electrons. The van der Waals surface area contributed by atoms with Crippen molar-refractivity contribution >= 4 is 21.6 Å². The van der Waals surface area contributed by atoms with Crippen LogP contribution in [0.4, 0.5) is 0 Å². The van der Waals surface area contributed by atoms with E-state index in [-0.39, 0.29) is 5.78 Å². The number of carboxylic acids is 1. The summed E-state index contributed by atoms with van der Waals surface area (Å²) in [5, 5.41) is 10.4. The molecule has 0 bridgehead atoms. The summed E-state index contributed by atoms with van der Waals surface area (Å²) in [6.07, 6.45) is 1.72. The predicted octanol–water partition coefficient (Wildman–Crippen LogP) is -1.48. The molecule has 0 atom stereocenters. The summed E-state index contributed by atoms with van der Waals surface area (Å²) in [6, 6.07) is 0. The first kappa shape index (κ1) is 11.3. The number of rotatable bonds is 2. The first-order valence-electron chi connectivity index (χ1n) is 4.22. The number of aromatic carboxylic acids is 1. The lowest BCUT2D eigenvalue weighted by molar-refractivity contribution is 0.0694. The average Bonchev–Trinajstić information content (AvgIpc) is 2.61. The Kier molecular flexibility index (Phi) is 2.24. The highest BCUT2D eigenvalue weighted by Gasteiger charge is 2.18. The van der Waals surface area contributed by atoms with Crippen LogP contribution in [0, 0.1) is 0 Å². The van der Waals surface area contributed by atoms with E-state index in [2.05, 4.69) is 15.1 Å². The summed E-state index contributed by atoms with van der Waals surface area (Å²) >= 11 is 0. The van der Waals surface area contributed by atoms with Crippen LogP contribution in [-0.2, 0) is 9.84 Å². The summed E-state index contributed by atoms with van der Waals surface area (Å²) in [5.74, 6) is -1.66. The van der Waals surface area contributed by atoms with Gasteiger partial charge in [0, 0.05) is 6.26 Å². The van der Waals surface area contributed by atoms with E-state index in [9.17, 15) is 18.0 Å². The normalized spacial score (nSPS) is 11.8. The van der Waals surface area contributed by atoms with Gasteiger partial charge in [0.1, 0.15) is 5.56 Å². The number of nitrogens with one attached hydrogen (secondary N) is 1. The van der Waals surface area contributed by atoms with E-state index in [1.807, 2.05) is 0 Å². The average molecular weight is 258 g/mol. The smallest absolute Gasteiger partial charge is 0.343 e. The SMILES string of the molecule is CS(=O)(=O)c1nc2ncc(C(=O)O)c(=O)n2[nH]1. The zero-order valence-corrected chi connectivity index (χ0v) is 9.22. The molecule has 0 aliphatic carbocycles. The predicted molar refractivity (Wildman–Crippen MR) is 53.7 cm³/mol. The van der Waals surface area contributed by atoms with E-state index in [1.165, 1.54) is 0 Å². The lowest BCUT2D eigenvalue weighted by Gasteiger charge is -1.93. The molecule has 0 spiro atoms. The fraction of sp³-hybridized carbons (Fsp3) is 0.143. The molecule has 2 aromatic heterocycles. The number of carbonyl (C=O) groups is 1. The van der Waals surface area contributed by atoms with Crippen molar-refractivity contribution in [3.8, 4) is 0 Å². The van der Waals surface area contributed by atoms with Gasteiger partial charge in [-0.2, -0.15) is 9.50 Å². The number of sulfone groups is 1. The topological polar surface area (TPSA) is 134 Å². The van der Waals surface area contributed by atoms with Crippen LogP contribution in [0.3, 0.4) is 0 Å². The Hall–Kier alpha value is -2.23. The molecular formula is C7H6N4O5S. The zero-order valence-electron chi connectivity index (χ0n) is 8.41. The van der Waals surface area contributed by atoms with Gasteiger partial charge < -0.3 is 5.11 Å². The minimum absolute atomic E-state index is 0.208. The minimum atomic E-state index is -3.63. The van der Waals surface area contributed by atoms with Gasteiger partial charge >= 0.3 is 5.97 Å². The molecular weight excluding hydrogens is 252 g/mol. The summed E-state index contributed by atoms with van der Waals surface area (Å²) in [4.78, 5) is 29.4. The summed E-state index contributed by atoms with van der Waals surface area (Å²) in [7, 11) is -3.63. The molecule has 0 aromatic carbocycles. The third-order valence-corrected chi connectivity index (χ3v) is 2.82. The van der Waals surface area contributed by atoms with Crippen LogP contribution in [0.5, 0.6) is 0 Å². The van der Waals surface area contributed by atoms with E-state index < -0.39 is 32.1 Å². The van der Waals surface area contributed by atoms with Gasteiger partial charge in [-0.3, -0.25) is 9.89 Å². The molecule has 0 fully saturated rings. The third-order valence-electron chi connectivity index (χ3n) is 1.93. The second-order valence-corrected chi connectivity index (χ2v) is 5.15. The van der Waals surface area contributed by atoms with Gasteiger partial charge in [0.2, 0.25) is 15.0 Å². The van der Waals surface area contributed by atoms with Crippen molar-refractivity contribution in [2.45, 2.75) is 5.16 Å². The van der Waals surface area contributed by atoms with E-state index in [1.54, 1.807) is 0 Å². The molecule has 2 N–H and O–H groups in total. The number of H-pyrrole nitrogens is 1. The molecule has 2 rings (SSSR count). The first-order valence-corrected chi connectivity index (χ1v) is 6.11. The Morgan fingerprint density at radius 3 is 2.71 bits per heavy atom. The Morgan fingerprint density at radius 1 is 1.53 bits per heavy atom. The van der Waals surface area contributed by atoms with Gasteiger partial charge in [-0.05, 0) is 0 Å². The van der Waals surface area contributed by atoms with E-state index in [0.29, 0.717) is 4.52 Å². The highest BCUT2D eigenvalue weighted by atomic mass is 32.2. The number of aromatic nitrogens is 4. The fourth-order valence-electron chi connectivity index (χ4n) is 1.15. The van der Waals surface area contributed by atoms with Crippen molar-refractivity contribution in [2.24, 2.45) is 0 Å². The molecule has 0 saturated heterocycles. The van der Waals surface area contributed by atoms with E-state index in [4.69, 9.17) is 5.11 Å². The van der Waals surface area contributed by atoms with Crippen LogP contribution in [-0.4, -0.2) is 45.3 Å². The highest BCUT2D eigenvalue weighted by Crippen LogP contribution is 2.02. The summed E-state index contributed by atoms with van der Waals surface area (Å²) in [5.41, 5.74) is -1.50. The molecule has 0 amide bonds. The van der Waals surface area contributed by atoms with E-state index >= 15 is 0 Å². The lowest BCUT2D eigenvalue weighted by atomic mass is 10.3. The zero-order chi connectivity index (χ0) is 12.8. The van der Waals surface area contributed by atoms with Crippen molar-refractivity contribution in [3.05, 3.63) is 22.1 Å². The largest absolute Gasteiger partial charge is 0.477 e. The van der Waals surface area contributed by atoms with Crippen LogP contribution in [0.1, 0.15) is 10.4 Å². The maximum Gasteiger partial charge on any atom is 0.343 e. The summed E-state index contributed by atoms with van der Waals surface area (Å²) < 4.78 is 23.0. The first-order chi connectivity index (χ1) is 7.80. The van der Waals surface area contributed by atoms with Gasteiger partial charge in [-0.25, -0.2) is 18.2 Å². The van der Waals surface area contributed by atoms with Crippen molar-refractivity contribution in [2.75, 3.05) is 6.26 Å². The van der Waals surface area contributed by atoms with Crippen molar-refractivity contribution in [1.29, 1.82) is 0 Å². The van der Waals surface area contributed by atoms with Crippen molar-refractivity contribution in [3.63, 3.8) is 0 Å². The second kappa shape index (κ2) is 3.38. The molecule has 0 saturated carbocycles. The Labute approximate surface area is 93.6 Å². The molecule has 0 radical (unpaired) electrons. The highest BCUT2D eigenvalue weighted by molar-refractivity contribution is 7.90. The van der Waals surface area contributed by atoms with Gasteiger partial charge in [-0.1, -0.05) is 0 Å². The molecule has 2 aromatic rings. The number of aromatic amines is 1. The maximum atomic E-state index is 11.6. The van der Waals surface area contributed by atoms with Crippen LogP contribution in [0.25, 0.3) is 5.78 Å². The molecule has 9 nitrogen and oxygen atoms in total. The van der Waals surface area contributed by atoms with Crippen molar-refractivity contribution in [1.82, 2.24) is 19.6 Å². The fourth-order valence-corrected chi connectivity index (χ4v) is 1.65. The maximum absolute atomic E-state index is 11.6. The van der Waals surface area contributed by atoms with Crippen LogP contribution >= 0.6 is 0 Å².